The Morgan fingerprint density at radius 3 is 2.91 bits per heavy atom. The zero-order valence-corrected chi connectivity index (χ0v) is 20.1. The van der Waals surface area contributed by atoms with Gasteiger partial charge in [-0.2, -0.15) is 13.2 Å². The summed E-state index contributed by atoms with van der Waals surface area (Å²) in [5.41, 5.74) is 1.33. The second-order valence-corrected chi connectivity index (χ2v) is 11.8. The number of halogens is 4. The van der Waals surface area contributed by atoms with Crippen LogP contribution in [-0.2, 0) is 4.79 Å². The van der Waals surface area contributed by atoms with Gasteiger partial charge in [-0.1, -0.05) is 11.6 Å². The molecular weight excluding hydrogens is 509 g/mol. The number of nitrogens with one attached hydrogen (secondary N) is 2. The van der Waals surface area contributed by atoms with Gasteiger partial charge < -0.3 is 15.2 Å². The Labute approximate surface area is 209 Å². The van der Waals surface area contributed by atoms with E-state index in [-0.39, 0.29) is 6.93 Å². The normalized spacial score (nSPS) is 20.2. The third kappa shape index (κ3) is 4.80. The van der Waals surface area contributed by atoms with E-state index in [9.17, 15) is 18.0 Å². The highest BCUT2D eigenvalue weighted by Crippen LogP contribution is 2.51. The Hall–Kier alpha value is -2.18. The lowest BCUT2D eigenvalue weighted by Gasteiger charge is -2.31. The number of rotatable bonds is 4. The number of H-pyrrole nitrogens is 1. The van der Waals surface area contributed by atoms with Crippen molar-refractivity contribution in [2.24, 2.45) is 0 Å². The highest BCUT2D eigenvalue weighted by atomic mass is 35.5. The van der Waals surface area contributed by atoms with Crippen LogP contribution in [-0.4, -0.2) is 66.7 Å². The summed E-state index contributed by atoms with van der Waals surface area (Å²) in [5.74, 6) is 2.16. The number of carbonyl (C=O) groups excluding carboxylic acids is 1. The molecule has 7 nitrogen and oxygen atoms in total. The Kier molecular flexibility index (Phi) is 6.32. The standard InChI is InChI=1S/C21H20ClF3N6OS2.2H2/c22-12-6-13-14(9-28-17(13)27-8-12)18-26-3-2-16(30-18)31-11-20(33-4-1-5-34-20)7-15(31)19(32)29-10-21(23,24)25;;/h2-3,6,8-9,15H,1,4-5,7,10-11H2,(H,27,28)(H,29,32);2*1H/t15-;;/m1../s1. The number of aromatic amines is 1. The molecule has 3 aromatic heterocycles. The van der Waals surface area contributed by atoms with Crippen LogP contribution >= 0.6 is 35.1 Å². The molecule has 1 amide bonds. The van der Waals surface area contributed by atoms with Crippen molar-refractivity contribution in [1.82, 2.24) is 25.3 Å². The lowest BCUT2D eigenvalue weighted by Crippen LogP contribution is -2.46. The third-order valence-electron chi connectivity index (χ3n) is 5.75. The van der Waals surface area contributed by atoms with Crippen molar-refractivity contribution in [1.29, 1.82) is 0 Å². The summed E-state index contributed by atoms with van der Waals surface area (Å²) >= 11 is 9.65. The molecule has 5 heterocycles. The van der Waals surface area contributed by atoms with Crippen LogP contribution in [0.2, 0.25) is 5.02 Å². The number of pyridine rings is 1. The van der Waals surface area contributed by atoms with Gasteiger partial charge in [-0.05, 0) is 30.1 Å². The zero-order valence-electron chi connectivity index (χ0n) is 17.7. The molecule has 2 fully saturated rings. The highest BCUT2D eigenvalue weighted by Gasteiger charge is 2.49. The fraction of sp³-hybridized carbons (Fsp3) is 0.429. The molecule has 34 heavy (non-hydrogen) atoms. The number of fused-ring (bicyclic) bond motifs is 1. The fourth-order valence-corrected chi connectivity index (χ4v) is 7.75. The van der Waals surface area contributed by atoms with Gasteiger partial charge in [-0.25, -0.2) is 15.0 Å². The molecule has 2 aliphatic rings. The van der Waals surface area contributed by atoms with Crippen LogP contribution in [0.15, 0.2) is 30.7 Å². The van der Waals surface area contributed by atoms with Crippen molar-refractivity contribution in [3.05, 3.63) is 35.7 Å². The van der Waals surface area contributed by atoms with Crippen LogP contribution < -0.4 is 10.2 Å². The average molecular weight is 533 g/mol. The molecule has 0 radical (unpaired) electrons. The van der Waals surface area contributed by atoms with E-state index in [1.807, 2.05) is 4.90 Å². The van der Waals surface area contributed by atoms with E-state index in [0.29, 0.717) is 40.8 Å². The summed E-state index contributed by atoms with van der Waals surface area (Å²) in [7, 11) is 0. The van der Waals surface area contributed by atoms with Crippen LogP contribution in [0.3, 0.4) is 0 Å². The lowest BCUT2D eigenvalue weighted by atomic mass is 10.2. The molecule has 2 N–H and O–H groups in total. The Morgan fingerprint density at radius 2 is 2.15 bits per heavy atom. The second-order valence-electron chi connectivity index (χ2n) is 8.13. The van der Waals surface area contributed by atoms with E-state index in [1.165, 1.54) is 6.20 Å². The Balaban J connectivity index is 0.00000180. The first-order valence-electron chi connectivity index (χ1n) is 10.6. The first-order valence-corrected chi connectivity index (χ1v) is 12.9. The van der Waals surface area contributed by atoms with Crippen molar-refractivity contribution < 1.29 is 20.8 Å². The smallest absolute Gasteiger partial charge is 0.345 e. The maximum atomic E-state index is 12.9. The number of alkyl halides is 3. The monoisotopic (exact) mass is 532 g/mol. The number of amides is 1. The summed E-state index contributed by atoms with van der Waals surface area (Å²) in [6, 6.07) is 2.69. The minimum atomic E-state index is -4.47. The molecule has 5 rings (SSSR count). The van der Waals surface area contributed by atoms with Crippen molar-refractivity contribution in [3.8, 4) is 11.4 Å². The SMILES string of the molecule is O=C(NCC(F)(F)F)[C@H]1CC2(CN1c1ccnc(-c3c[nH]c4ncc(Cl)cc34)n1)SCCCS2.[HH].[HH]. The molecule has 2 aliphatic heterocycles. The van der Waals surface area contributed by atoms with Gasteiger partial charge in [0, 0.05) is 45.4 Å². The minimum Gasteiger partial charge on any atom is -0.345 e. The van der Waals surface area contributed by atoms with Crippen LogP contribution in [0.25, 0.3) is 22.4 Å². The van der Waals surface area contributed by atoms with Gasteiger partial charge in [-0.15, -0.1) is 23.5 Å². The molecule has 1 atom stereocenters. The fourth-order valence-electron chi connectivity index (χ4n) is 4.25. The number of carbonyl (C=O) groups is 1. The lowest BCUT2D eigenvalue weighted by molar-refractivity contribution is -0.139. The highest BCUT2D eigenvalue weighted by molar-refractivity contribution is 8.18. The largest absolute Gasteiger partial charge is 0.405 e. The average Bonchev–Trinajstić information content (AvgIpc) is 3.39. The number of hydrogen-bond acceptors (Lipinski definition) is 7. The summed E-state index contributed by atoms with van der Waals surface area (Å²) in [4.78, 5) is 31.1. The molecule has 0 unspecified atom stereocenters. The number of aromatic nitrogens is 4. The van der Waals surface area contributed by atoms with Crippen LogP contribution in [0, 0.1) is 0 Å². The zero-order chi connectivity index (χ0) is 23.9. The Morgan fingerprint density at radius 1 is 1.35 bits per heavy atom. The molecule has 13 heteroatoms. The van der Waals surface area contributed by atoms with Gasteiger partial charge in [0.25, 0.3) is 0 Å². The third-order valence-corrected chi connectivity index (χ3v) is 9.29. The van der Waals surface area contributed by atoms with E-state index in [1.54, 1.807) is 48.1 Å². The van der Waals surface area contributed by atoms with E-state index in [4.69, 9.17) is 16.6 Å². The number of thioether (sulfide) groups is 2. The molecule has 0 bridgehead atoms. The van der Waals surface area contributed by atoms with Gasteiger partial charge in [-0.3, -0.25) is 4.79 Å². The minimum absolute atomic E-state index is 0. The maximum absolute atomic E-state index is 12.9. The molecule has 184 valence electrons. The molecule has 0 aliphatic carbocycles. The second kappa shape index (κ2) is 9.12. The van der Waals surface area contributed by atoms with Crippen LogP contribution in [0.1, 0.15) is 15.7 Å². The molecule has 0 saturated carbocycles. The summed E-state index contributed by atoms with van der Waals surface area (Å²) < 4.78 is 38.0. The molecule has 2 saturated heterocycles. The van der Waals surface area contributed by atoms with Crippen molar-refractivity contribution in [2.75, 3.05) is 29.5 Å². The van der Waals surface area contributed by atoms with E-state index >= 15 is 0 Å². The summed E-state index contributed by atoms with van der Waals surface area (Å²) in [5, 5.41) is 3.28. The number of nitrogens with zero attached hydrogens (tertiary/aromatic N) is 4. The van der Waals surface area contributed by atoms with E-state index in [0.717, 1.165) is 23.3 Å². The van der Waals surface area contributed by atoms with Gasteiger partial charge in [0.05, 0.1) is 9.10 Å². The summed E-state index contributed by atoms with van der Waals surface area (Å²) in [6.07, 6.45) is 1.89. The topological polar surface area (TPSA) is 86.8 Å². The van der Waals surface area contributed by atoms with Crippen molar-refractivity contribution >= 4 is 57.9 Å². The Bertz CT molecular complexity index is 1230. The van der Waals surface area contributed by atoms with Gasteiger partial charge in [0.2, 0.25) is 5.91 Å². The molecule has 0 aromatic carbocycles. The van der Waals surface area contributed by atoms with E-state index in [2.05, 4.69) is 20.3 Å². The first-order chi connectivity index (χ1) is 16.2. The van der Waals surface area contributed by atoms with Gasteiger partial charge in [0.15, 0.2) is 5.82 Å². The van der Waals surface area contributed by atoms with Gasteiger partial charge >= 0.3 is 6.18 Å². The molecule has 1 spiro atoms. The quantitative estimate of drug-likeness (QED) is 0.489. The van der Waals surface area contributed by atoms with Crippen LogP contribution in [0.4, 0.5) is 19.0 Å². The molecular formula is C21H24ClF3N6OS2. The van der Waals surface area contributed by atoms with Gasteiger partial charge in [0.1, 0.15) is 24.1 Å². The van der Waals surface area contributed by atoms with Crippen molar-refractivity contribution in [3.63, 3.8) is 0 Å². The number of hydrogen-bond donors (Lipinski definition) is 2. The van der Waals surface area contributed by atoms with Crippen molar-refractivity contribution in [2.45, 2.75) is 29.1 Å². The predicted octanol–water partition coefficient (Wildman–Crippen LogP) is 4.99. The number of anilines is 1. The summed E-state index contributed by atoms with van der Waals surface area (Å²) in [6.45, 7) is -0.855. The first kappa shape index (κ1) is 23.6. The van der Waals surface area contributed by atoms with Crippen LogP contribution in [0.5, 0.6) is 0 Å². The maximum Gasteiger partial charge on any atom is 0.405 e. The van der Waals surface area contributed by atoms with E-state index < -0.39 is 24.7 Å². The predicted molar refractivity (Wildman–Crippen MR) is 133 cm³/mol. The molecule has 3 aromatic rings.